The third-order valence-corrected chi connectivity index (χ3v) is 2.53. The fraction of sp³-hybridized carbons (Fsp3) is 0.0909. The number of carboxylic acid groups (broad SMARTS) is 1. The highest BCUT2D eigenvalue weighted by atomic mass is 35.5. The Bertz CT molecular complexity index is 659. The summed E-state index contributed by atoms with van der Waals surface area (Å²) in [6.45, 7) is 0. The molecule has 0 spiro atoms. The molecule has 0 aliphatic heterocycles. The van der Waals surface area contributed by atoms with Crippen molar-refractivity contribution in [2.24, 2.45) is 0 Å². The predicted octanol–water partition coefficient (Wildman–Crippen LogP) is 2.15. The normalized spacial score (nSPS) is 10.5. The summed E-state index contributed by atoms with van der Waals surface area (Å²) in [5, 5.41) is 9.51. The zero-order chi connectivity index (χ0) is 12.6. The number of hydrogen-bond donors (Lipinski definition) is 1. The number of hydrogen-bond acceptors (Lipinski definition) is 4. The zero-order valence-electron chi connectivity index (χ0n) is 8.69. The molecule has 5 nitrogen and oxygen atoms in total. The SMILES string of the molecule is COc1cc2oc(=O)c(C(=O)O)cc2cc1Cl. The fourth-order valence-corrected chi connectivity index (χ4v) is 1.68. The average molecular weight is 255 g/mol. The van der Waals surface area contributed by atoms with E-state index in [1.165, 1.54) is 25.3 Å². The van der Waals surface area contributed by atoms with Crippen LogP contribution in [-0.2, 0) is 0 Å². The average Bonchev–Trinajstić information content (AvgIpc) is 2.27. The van der Waals surface area contributed by atoms with Crippen molar-refractivity contribution in [2.75, 3.05) is 7.11 Å². The molecule has 0 radical (unpaired) electrons. The Labute approximate surface area is 100 Å². The summed E-state index contributed by atoms with van der Waals surface area (Å²) in [4.78, 5) is 22.1. The standard InChI is InChI=1S/C11H7ClO5/c1-16-9-4-8-5(3-7(9)12)2-6(10(13)14)11(15)17-8/h2-4H,1H3,(H,13,14). The molecule has 0 saturated carbocycles. The highest BCUT2D eigenvalue weighted by molar-refractivity contribution is 6.32. The van der Waals surface area contributed by atoms with Crippen LogP contribution < -0.4 is 10.4 Å². The summed E-state index contributed by atoms with van der Waals surface area (Å²) in [6, 6.07) is 4.13. The van der Waals surface area contributed by atoms with Gasteiger partial charge in [0.1, 0.15) is 16.9 Å². The van der Waals surface area contributed by atoms with Crippen LogP contribution in [0.2, 0.25) is 5.02 Å². The van der Waals surface area contributed by atoms with Gasteiger partial charge in [-0.3, -0.25) is 0 Å². The van der Waals surface area contributed by atoms with Crippen molar-refractivity contribution in [3.05, 3.63) is 39.2 Å². The molecule has 0 saturated heterocycles. The summed E-state index contributed by atoms with van der Waals surface area (Å²) in [5.41, 5.74) is -1.12. The van der Waals surface area contributed by atoms with Crippen molar-refractivity contribution in [2.45, 2.75) is 0 Å². The fourth-order valence-electron chi connectivity index (χ4n) is 1.43. The van der Waals surface area contributed by atoms with Gasteiger partial charge in [0.25, 0.3) is 0 Å². The highest BCUT2D eigenvalue weighted by Crippen LogP contribution is 2.29. The van der Waals surface area contributed by atoms with Gasteiger partial charge in [0.05, 0.1) is 12.1 Å². The molecule has 0 amide bonds. The van der Waals surface area contributed by atoms with Crippen LogP contribution in [-0.4, -0.2) is 18.2 Å². The number of rotatable bonds is 2. The Morgan fingerprint density at radius 2 is 2.12 bits per heavy atom. The molecular weight excluding hydrogens is 248 g/mol. The molecule has 0 bridgehead atoms. The minimum atomic E-state index is -1.34. The van der Waals surface area contributed by atoms with Crippen molar-refractivity contribution in [1.82, 2.24) is 0 Å². The predicted molar refractivity (Wildman–Crippen MR) is 61.0 cm³/mol. The Morgan fingerprint density at radius 3 is 2.71 bits per heavy atom. The van der Waals surface area contributed by atoms with Gasteiger partial charge in [0.2, 0.25) is 0 Å². The Kier molecular flexibility index (Phi) is 2.77. The van der Waals surface area contributed by atoms with Crippen LogP contribution in [0.3, 0.4) is 0 Å². The van der Waals surface area contributed by atoms with Gasteiger partial charge in [-0.1, -0.05) is 11.6 Å². The van der Waals surface area contributed by atoms with Gasteiger partial charge in [-0.05, 0) is 12.1 Å². The van der Waals surface area contributed by atoms with Crippen LogP contribution in [0.25, 0.3) is 11.0 Å². The monoisotopic (exact) mass is 254 g/mol. The summed E-state index contributed by atoms with van der Waals surface area (Å²) < 4.78 is 9.84. The van der Waals surface area contributed by atoms with Crippen molar-refractivity contribution < 1.29 is 19.1 Å². The molecule has 0 unspecified atom stereocenters. The van der Waals surface area contributed by atoms with Crippen molar-refractivity contribution in [3.8, 4) is 5.75 Å². The molecule has 1 aromatic heterocycles. The third-order valence-electron chi connectivity index (χ3n) is 2.24. The van der Waals surface area contributed by atoms with E-state index in [0.717, 1.165) is 0 Å². The quantitative estimate of drug-likeness (QED) is 0.831. The van der Waals surface area contributed by atoms with Crippen molar-refractivity contribution >= 4 is 28.5 Å². The maximum Gasteiger partial charge on any atom is 0.351 e. The molecule has 1 aromatic carbocycles. The summed E-state index contributed by atoms with van der Waals surface area (Å²) >= 11 is 5.88. The van der Waals surface area contributed by atoms with Crippen LogP contribution in [0.5, 0.6) is 5.75 Å². The third kappa shape index (κ3) is 1.97. The van der Waals surface area contributed by atoms with Gasteiger partial charge in [-0.25, -0.2) is 9.59 Å². The second-order valence-electron chi connectivity index (χ2n) is 3.28. The molecule has 1 N–H and O–H groups in total. The van der Waals surface area contributed by atoms with Crippen LogP contribution in [0.15, 0.2) is 27.4 Å². The van der Waals surface area contributed by atoms with E-state index in [1.807, 2.05) is 0 Å². The maximum atomic E-state index is 11.3. The Morgan fingerprint density at radius 1 is 1.41 bits per heavy atom. The van der Waals surface area contributed by atoms with E-state index in [2.05, 4.69) is 0 Å². The molecule has 0 atom stereocenters. The largest absolute Gasteiger partial charge is 0.495 e. The van der Waals surface area contributed by atoms with Crippen LogP contribution in [0, 0.1) is 0 Å². The zero-order valence-corrected chi connectivity index (χ0v) is 9.45. The second-order valence-corrected chi connectivity index (χ2v) is 3.68. The van der Waals surface area contributed by atoms with E-state index in [0.29, 0.717) is 16.2 Å². The van der Waals surface area contributed by atoms with Gasteiger partial charge in [0.15, 0.2) is 0 Å². The van der Waals surface area contributed by atoms with E-state index < -0.39 is 17.2 Å². The van der Waals surface area contributed by atoms with Gasteiger partial charge in [-0.15, -0.1) is 0 Å². The number of halogens is 1. The Hall–Kier alpha value is -2.01. The van der Waals surface area contributed by atoms with E-state index >= 15 is 0 Å². The first-order valence-electron chi connectivity index (χ1n) is 4.57. The minimum Gasteiger partial charge on any atom is -0.495 e. The smallest absolute Gasteiger partial charge is 0.351 e. The second kappa shape index (κ2) is 4.10. The molecule has 0 aliphatic rings. The van der Waals surface area contributed by atoms with E-state index in [1.54, 1.807) is 0 Å². The number of fused-ring (bicyclic) bond motifs is 1. The topological polar surface area (TPSA) is 76.7 Å². The molecule has 1 heterocycles. The van der Waals surface area contributed by atoms with Gasteiger partial charge in [-0.2, -0.15) is 0 Å². The molecule has 2 aromatic rings. The lowest BCUT2D eigenvalue weighted by molar-refractivity contribution is 0.0692. The number of benzene rings is 1. The first kappa shape index (κ1) is 11.5. The van der Waals surface area contributed by atoms with Crippen molar-refractivity contribution in [1.29, 1.82) is 0 Å². The molecular formula is C11H7ClO5. The van der Waals surface area contributed by atoms with Crippen molar-refractivity contribution in [3.63, 3.8) is 0 Å². The first-order chi connectivity index (χ1) is 8.02. The number of ether oxygens (including phenoxy) is 1. The first-order valence-corrected chi connectivity index (χ1v) is 4.95. The lowest BCUT2D eigenvalue weighted by Crippen LogP contribution is -2.12. The number of carboxylic acids is 1. The van der Waals surface area contributed by atoms with Gasteiger partial charge in [0, 0.05) is 11.5 Å². The van der Waals surface area contributed by atoms with E-state index in [4.69, 9.17) is 25.9 Å². The Balaban J connectivity index is 2.79. The van der Waals surface area contributed by atoms with Crippen LogP contribution in [0.4, 0.5) is 0 Å². The summed E-state index contributed by atoms with van der Waals surface area (Å²) in [6.07, 6.45) is 0. The number of aromatic carboxylic acids is 1. The van der Waals surface area contributed by atoms with Crippen LogP contribution in [0.1, 0.15) is 10.4 Å². The maximum absolute atomic E-state index is 11.3. The van der Waals surface area contributed by atoms with E-state index in [-0.39, 0.29) is 5.58 Å². The highest BCUT2D eigenvalue weighted by Gasteiger charge is 2.13. The lowest BCUT2D eigenvalue weighted by atomic mass is 10.2. The molecule has 2 rings (SSSR count). The molecule has 17 heavy (non-hydrogen) atoms. The van der Waals surface area contributed by atoms with Crippen LogP contribution >= 0.6 is 11.6 Å². The summed E-state index contributed by atoms with van der Waals surface area (Å²) in [7, 11) is 1.43. The molecule has 6 heteroatoms. The molecule has 0 fully saturated rings. The summed E-state index contributed by atoms with van der Waals surface area (Å²) in [5.74, 6) is -0.988. The minimum absolute atomic E-state index is 0.223. The van der Waals surface area contributed by atoms with E-state index in [9.17, 15) is 9.59 Å². The number of carbonyl (C=O) groups is 1. The molecule has 0 aliphatic carbocycles. The number of methoxy groups -OCH3 is 1. The lowest BCUT2D eigenvalue weighted by Gasteiger charge is -2.04. The van der Waals surface area contributed by atoms with Gasteiger partial charge < -0.3 is 14.3 Å². The van der Waals surface area contributed by atoms with Gasteiger partial charge >= 0.3 is 11.6 Å². The molecule has 88 valence electrons.